The van der Waals surface area contributed by atoms with Gasteiger partial charge in [-0.2, -0.15) is 0 Å². The van der Waals surface area contributed by atoms with Crippen molar-refractivity contribution in [2.24, 2.45) is 0 Å². The minimum atomic E-state index is -0.792. The molecule has 7 nitrogen and oxygen atoms in total. The highest BCUT2D eigenvalue weighted by Gasteiger charge is 2.35. The molecule has 7 heteroatoms. The molecular formula is C17H22N2O5. The number of rotatable bonds is 3. The fourth-order valence-corrected chi connectivity index (χ4v) is 2.48. The SMILES string of the molecule is COC(=O)CN1C(=O)C(NC(=O)OC(C)(C)C)Cc2ccccc21. The number of methoxy groups -OCH3 is 1. The predicted molar refractivity (Wildman–Crippen MR) is 87.7 cm³/mol. The van der Waals surface area contributed by atoms with Crippen molar-refractivity contribution >= 4 is 23.7 Å². The zero-order valence-corrected chi connectivity index (χ0v) is 14.3. The Labute approximate surface area is 140 Å². The summed E-state index contributed by atoms with van der Waals surface area (Å²) in [6.07, 6.45) is -0.329. The van der Waals surface area contributed by atoms with Crippen molar-refractivity contribution in [3.8, 4) is 0 Å². The van der Waals surface area contributed by atoms with Crippen LogP contribution in [0.4, 0.5) is 10.5 Å². The molecule has 1 aromatic carbocycles. The number of esters is 1. The van der Waals surface area contributed by atoms with Crippen LogP contribution < -0.4 is 10.2 Å². The molecule has 2 rings (SSSR count). The summed E-state index contributed by atoms with van der Waals surface area (Å²) in [4.78, 5) is 37.6. The quantitative estimate of drug-likeness (QED) is 0.850. The Kier molecular flexibility index (Phi) is 5.11. The van der Waals surface area contributed by atoms with Gasteiger partial charge in [0, 0.05) is 12.1 Å². The van der Waals surface area contributed by atoms with Gasteiger partial charge in [0.2, 0.25) is 0 Å². The van der Waals surface area contributed by atoms with Crippen LogP contribution in [0.15, 0.2) is 24.3 Å². The second-order valence-electron chi connectivity index (χ2n) is 6.53. The van der Waals surface area contributed by atoms with Crippen LogP contribution in [0, 0.1) is 0 Å². The third-order valence-corrected chi connectivity index (χ3v) is 3.48. The Morgan fingerprint density at radius 1 is 1.29 bits per heavy atom. The summed E-state index contributed by atoms with van der Waals surface area (Å²) in [5.74, 6) is -0.902. The smallest absolute Gasteiger partial charge is 0.408 e. The summed E-state index contributed by atoms with van der Waals surface area (Å²) in [6, 6.07) is 6.46. The first-order valence-corrected chi connectivity index (χ1v) is 7.67. The van der Waals surface area contributed by atoms with Gasteiger partial charge in [0.05, 0.1) is 7.11 Å². The molecule has 1 aliphatic rings. The van der Waals surface area contributed by atoms with Crippen molar-refractivity contribution in [3.05, 3.63) is 29.8 Å². The fourth-order valence-electron chi connectivity index (χ4n) is 2.48. The lowest BCUT2D eigenvalue weighted by molar-refractivity contribution is -0.140. The maximum Gasteiger partial charge on any atom is 0.408 e. The number of hydrogen-bond acceptors (Lipinski definition) is 5. The van der Waals surface area contributed by atoms with Gasteiger partial charge < -0.3 is 14.8 Å². The van der Waals surface area contributed by atoms with Crippen molar-refractivity contribution in [2.75, 3.05) is 18.6 Å². The van der Waals surface area contributed by atoms with Crippen molar-refractivity contribution < 1.29 is 23.9 Å². The summed E-state index contributed by atoms with van der Waals surface area (Å²) in [5, 5.41) is 2.58. The maximum atomic E-state index is 12.7. The fraction of sp³-hybridized carbons (Fsp3) is 0.471. The summed E-state index contributed by atoms with van der Waals surface area (Å²) in [7, 11) is 1.26. The monoisotopic (exact) mass is 334 g/mol. The van der Waals surface area contributed by atoms with E-state index in [9.17, 15) is 14.4 Å². The molecule has 0 spiro atoms. The molecule has 24 heavy (non-hydrogen) atoms. The lowest BCUT2D eigenvalue weighted by Crippen LogP contribution is -2.54. The van der Waals surface area contributed by atoms with E-state index in [0.29, 0.717) is 12.1 Å². The highest BCUT2D eigenvalue weighted by atomic mass is 16.6. The van der Waals surface area contributed by atoms with Crippen LogP contribution in [0.25, 0.3) is 0 Å². The van der Waals surface area contributed by atoms with E-state index in [2.05, 4.69) is 10.1 Å². The zero-order valence-electron chi connectivity index (χ0n) is 14.3. The van der Waals surface area contributed by atoms with Crippen LogP contribution in [0.1, 0.15) is 26.3 Å². The maximum absolute atomic E-state index is 12.7. The molecule has 0 aliphatic carbocycles. The minimum absolute atomic E-state index is 0.209. The Bertz CT molecular complexity index is 651. The molecule has 0 bridgehead atoms. The van der Waals surface area contributed by atoms with E-state index >= 15 is 0 Å². The average molecular weight is 334 g/mol. The van der Waals surface area contributed by atoms with Gasteiger partial charge in [-0.25, -0.2) is 4.79 Å². The molecule has 1 heterocycles. The van der Waals surface area contributed by atoms with Gasteiger partial charge in [-0.3, -0.25) is 14.5 Å². The molecule has 0 aromatic heterocycles. The number of alkyl carbamates (subject to hydrolysis) is 1. The standard InChI is InChI=1S/C17H22N2O5/c1-17(2,3)24-16(22)18-12-9-11-7-5-6-8-13(11)19(15(12)21)10-14(20)23-4/h5-8,12H,9-10H2,1-4H3,(H,18,22). The van der Waals surface area contributed by atoms with Crippen molar-refractivity contribution in [1.82, 2.24) is 5.32 Å². The highest BCUT2D eigenvalue weighted by Crippen LogP contribution is 2.27. The van der Waals surface area contributed by atoms with Gasteiger partial charge >= 0.3 is 12.1 Å². The lowest BCUT2D eigenvalue weighted by Gasteiger charge is -2.34. The Morgan fingerprint density at radius 3 is 2.58 bits per heavy atom. The summed E-state index contributed by atoms with van der Waals surface area (Å²) < 4.78 is 9.86. The van der Waals surface area contributed by atoms with E-state index in [1.807, 2.05) is 12.1 Å². The van der Waals surface area contributed by atoms with Crippen LogP contribution in [0.3, 0.4) is 0 Å². The third-order valence-electron chi connectivity index (χ3n) is 3.48. The van der Waals surface area contributed by atoms with Crippen molar-refractivity contribution in [2.45, 2.75) is 38.8 Å². The number of ether oxygens (including phenoxy) is 2. The first-order valence-electron chi connectivity index (χ1n) is 7.67. The van der Waals surface area contributed by atoms with Gasteiger partial charge in [-0.1, -0.05) is 18.2 Å². The summed E-state index contributed by atoms with van der Waals surface area (Å²) in [6.45, 7) is 5.02. The molecule has 2 amide bonds. The predicted octanol–water partition coefficient (Wildman–Crippen LogP) is 1.64. The van der Waals surface area contributed by atoms with E-state index in [1.165, 1.54) is 12.0 Å². The van der Waals surface area contributed by atoms with Gasteiger partial charge in [0.15, 0.2) is 0 Å². The molecule has 1 aliphatic heterocycles. The molecule has 1 unspecified atom stereocenters. The number of nitrogens with zero attached hydrogens (tertiary/aromatic N) is 1. The molecule has 0 radical (unpaired) electrons. The van der Waals surface area contributed by atoms with Crippen LogP contribution in [0.2, 0.25) is 0 Å². The highest BCUT2D eigenvalue weighted by molar-refractivity contribution is 6.04. The largest absolute Gasteiger partial charge is 0.468 e. The molecule has 0 saturated heterocycles. The molecule has 1 N–H and O–H groups in total. The molecule has 1 atom stereocenters. The zero-order chi connectivity index (χ0) is 17.9. The Balaban J connectivity index is 2.22. The van der Waals surface area contributed by atoms with Crippen LogP contribution in [-0.2, 0) is 25.5 Å². The molecule has 0 fully saturated rings. The van der Waals surface area contributed by atoms with Gasteiger partial charge in [0.25, 0.3) is 5.91 Å². The van der Waals surface area contributed by atoms with Gasteiger partial charge in [0.1, 0.15) is 18.2 Å². The third kappa shape index (κ3) is 4.24. The first kappa shape index (κ1) is 17.8. The molecule has 1 aromatic rings. The number of carbonyl (C=O) groups excluding carboxylic acids is 3. The minimum Gasteiger partial charge on any atom is -0.468 e. The molecule has 0 saturated carbocycles. The average Bonchev–Trinajstić information content (AvgIpc) is 2.49. The number of nitrogens with one attached hydrogen (secondary N) is 1. The van der Waals surface area contributed by atoms with Crippen molar-refractivity contribution in [1.29, 1.82) is 0 Å². The van der Waals surface area contributed by atoms with Gasteiger partial charge in [-0.05, 0) is 32.4 Å². The lowest BCUT2D eigenvalue weighted by atomic mass is 9.97. The topological polar surface area (TPSA) is 84.9 Å². The Hall–Kier alpha value is -2.57. The van der Waals surface area contributed by atoms with Crippen LogP contribution in [0.5, 0.6) is 0 Å². The van der Waals surface area contributed by atoms with Gasteiger partial charge in [-0.15, -0.1) is 0 Å². The first-order chi connectivity index (χ1) is 11.2. The normalized spacial score (nSPS) is 17.1. The number of hydrogen-bond donors (Lipinski definition) is 1. The number of carbonyl (C=O) groups is 3. The van der Waals surface area contributed by atoms with E-state index < -0.39 is 23.7 Å². The number of amides is 2. The molecular weight excluding hydrogens is 312 g/mol. The summed E-state index contributed by atoms with van der Waals surface area (Å²) in [5.41, 5.74) is 0.850. The van der Waals surface area contributed by atoms with E-state index in [4.69, 9.17) is 4.74 Å². The van der Waals surface area contributed by atoms with E-state index in [1.54, 1.807) is 32.9 Å². The summed E-state index contributed by atoms with van der Waals surface area (Å²) >= 11 is 0. The van der Waals surface area contributed by atoms with E-state index in [-0.39, 0.29) is 12.5 Å². The second-order valence-corrected chi connectivity index (χ2v) is 6.53. The van der Waals surface area contributed by atoms with Crippen molar-refractivity contribution in [3.63, 3.8) is 0 Å². The number of fused-ring (bicyclic) bond motifs is 1. The molecule has 130 valence electrons. The Morgan fingerprint density at radius 2 is 1.96 bits per heavy atom. The second kappa shape index (κ2) is 6.90. The number of para-hydroxylation sites is 1. The van der Waals surface area contributed by atoms with E-state index in [0.717, 1.165) is 5.56 Å². The van der Waals surface area contributed by atoms with Crippen LogP contribution >= 0.6 is 0 Å². The number of anilines is 1. The van der Waals surface area contributed by atoms with Crippen LogP contribution in [-0.4, -0.2) is 43.3 Å². The number of benzene rings is 1.